The van der Waals surface area contributed by atoms with E-state index in [-0.39, 0.29) is 23.3 Å². The summed E-state index contributed by atoms with van der Waals surface area (Å²) in [4.78, 5) is 40.2. The molecule has 2 heterocycles. The van der Waals surface area contributed by atoms with Gasteiger partial charge in [-0.25, -0.2) is 0 Å². The van der Waals surface area contributed by atoms with Crippen LogP contribution in [0, 0.1) is 31.0 Å². The second-order valence-corrected chi connectivity index (χ2v) is 9.67. The molecule has 10 N–H and O–H groups in total. The van der Waals surface area contributed by atoms with E-state index in [2.05, 4.69) is 0 Å². The zero-order valence-electron chi connectivity index (χ0n) is 27.0. The number of nitrogens with zero attached hydrogens (tertiary/aromatic N) is 6. The average Bonchev–Trinajstić information content (AvgIpc) is 3.77. The maximum Gasteiger partial charge on any atom is 0.403 e. The second-order valence-electron chi connectivity index (χ2n) is 9.67. The highest BCUT2D eigenvalue weighted by Gasteiger charge is 2.16. The van der Waals surface area contributed by atoms with E-state index in [0.717, 1.165) is 20.8 Å². The van der Waals surface area contributed by atoms with Crippen molar-refractivity contribution in [2.75, 3.05) is 0 Å². The van der Waals surface area contributed by atoms with E-state index in [9.17, 15) is 40.0 Å². The van der Waals surface area contributed by atoms with Crippen LogP contribution in [-0.2, 0) is 9.59 Å². The number of allylic oxidation sites excluding steroid dienone is 2. The molecule has 0 bridgehead atoms. The molecule has 2 aromatic heterocycles. The molecule has 0 fully saturated rings. The third-order valence-electron chi connectivity index (χ3n) is 6.18. The number of nitro groups is 2. The van der Waals surface area contributed by atoms with E-state index in [0.29, 0.717) is 23.5 Å². The summed E-state index contributed by atoms with van der Waals surface area (Å²) in [5, 5.41) is 55.3. The summed E-state index contributed by atoms with van der Waals surface area (Å²) in [5.74, 6) is 7.22. The Balaban J connectivity index is 0.000000299. The second kappa shape index (κ2) is 19.6. The Morgan fingerprint density at radius 1 is 0.615 bits per heavy atom. The maximum atomic E-state index is 11.1. The number of carboxylic acid groups (broad SMARTS) is 2. The molecule has 20 heteroatoms. The topological polar surface area (TPSA) is 334 Å². The maximum absolute atomic E-state index is 11.1. The first kappa shape index (κ1) is 40.0. The van der Waals surface area contributed by atoms with Gasteiger partial charge in [-0.3, -0.25) is 43.4 Å². The van der Waals surface area contributed by atoms with Crippen LogP contribution in [-0.4, -0.2) is 64.6 Å². The van der Waals surface area contributed by atoms with Crippen molar-refractivity contribution in [3.63, 3.8) is 0 Å². The van der Waals surface area contributed by atoms with Gasteiger partial charge in [0.05, 0.1) is 34.2 Å². The van der Waals surface area contributed by atoms with Gasteiger partial charge in [0.1, 0.15) is 11.4 Å². The number of guanidine groups is 2. The first-order valence-electron chi connectivity index (χ1n) is 14.3. The Morgan fingerprint density at radius 3 is 1.27 bits per heavy atom. The van der Waals surface area contributed by atoms with Crippen LogP contribution < -0.4 is 33.4 Å². The lowest BCUT2D eigenvalue weighted by molar-refractivity contribution is -0.417. The number of carbonyl (C=O) groups excluding carboxylic acids is 2. The smallest absolute Gasteiger partial charge is 0.403 e. The number of aliphatic carboxylic acids is 2. The molecule has 268 valence electrons. The summed E-state index contributed by atoms with van der Waals surface area (Å²) in [6.45, 7) is 0. The minimum atomic E-state index is -1.55. The summed E-state index contributed by atoms with van der Waals surface area (Å²) in [5.41, 5.74) is 12.8. The van der Waals surface area contributed by atoms with Gasteiger partial charge in [-0.2, -0.15) is 0 Å². The predicted molar refractivity (Wildman–Crippen MR) is 187 cm³/mol. The summed E-state index contributed by atoms with van der Waals surface area (Å²) in [6.07, 6.45) is 13.7. The van der Waals surface area contributed by atoms with Gasteiger partial charge in [-0.1, -0.05) is 24.3 Å². The van der Waals surface area contributed by atoms with Crippen LogP contribution >= 0.6 is 0 Å². The zero-order valence-corrected chi connectivity index (χ0v) is 27.0. The van der Waals surface area contributed by atoms with Gasteiger partial charge in [0.25, 0.3) is 11.4 Å². The largest absolute Gasteiger partial charge is 0.545 e. The number of hydrogen-bond acceptors (Lipinski definition) is 12. The van der Waals surface area contributed by atoms with Crippen LogP contribution in [0.1, 0.15) is 11.4 Å². The molecule has 0 aliphatic rings. The number of carbonyl (C=O) groups is 2. The number of aromatic nitrogens is 2. The van der Waals surface area contributed by atoms with Crippen molar-refractivity contribution < 1.29 is 39.0 Å². The van der Waals surface area contributed by atoms with E-state index >= 15 is 0 Å². The average molecular weight is 713 g/mol. The molecule has 0 radical (unpaired) electrons. The minimum Gasteiger partial charge on any atom is -0.545 e. The van der Waals surface area contributed by atoms with Gasteiger partial charge in [-0.05, 0) is 72.9 Å². The SMILES string of the molecule is N=C(N)[N+](N)=CC=Cc1cccn1-c1ccccc1[N+](=O)[O-].N=C(N)[N+](N)=CC=Cc1cccn1-c1ccccc1[N+](=O)[O-].O=C([O-])/C=C/C(=O)[O-]. The molecule has 0 aliphatic carbocycles. The van der Waals surface area contributed by atoms with Gasteiger partial charge in [0.2, 0.25) is 0 Å². The Labute approximate surface area is 294 Å². The van der Waals surface area contributed by atoms with Crippen LogP contribution in [0.25, 0.3) is 23.5 Å². The molecule has 0 saturated carbocycles. The summed E-state index contributed by atoms with van der Waals surface area (Å²) >= 11 is 0. The highest BCUT2D eigenvalue weighted by Crippen LogP contribution is 2.25. The lowest BCUT2D eigenvalue weighted by Crippen LogP contribution is -2.33. The molecule has 0 aliphatic heterocycles. The van der Waals surface area contributed by atoms with Gasteiger partial charge in [0, 0.05) is 35.9 Å². The number of para-hydroxylation sites is 4. The van der Waals surface area contributed by atoms with Crippen LogP contribution in [0.15, 0.2) is 109 Å². The molecule has 0 unspecified atom stereocenters. The number of nitrogens with two attached hydrogens (primary N) is 4. The summed E-state index contributed by atoms with van der Waals surface area (Å²) in [7, 11) is 0. The van der Waals surface area contributed by atoms with Gasteiger partial charge in [-0.15, -0.1) is 20.2 Å². The van der Waals surface area contributed by atoms with Crippen LogP contribution in [0.2, 0.25) is 0 Å². The lowest BCUT2D eigenvalue weighted by Gasteiger charge is -2.06. The number of nitro benzene ring substituents is 2. The molecule has 4 aromatic rings. The molecular weight excluding hydrogens is 680 g/mol. The van der Waals surface area contributed by atoms with Crippen LogP contribution in [0.4, 0.5) is 11.4 Å². The summed E-state index contributed by atoms with van der Waals surface area (Å²) in [6, 6.07) is 20.1. The molecule has 0 saturated heterocycles. The van der Waals surface area contributed by atoms with E-state index in [1.807, 2.05) is 0 Å². The van der Waals surface area contributed by atoms with E-state index in [1.54, 1.807) is 106 Å². The quantitative estimate of drug-likeness (QED) is 0.0231. The molecule has 0 spiro atoms. The fourth-order valence-electron chi connectivity index (χ4n) is 3.91. The van der Waals surface area contributed by atoms with Crippen molar-refractivity contribution in [2.45, 2.75) is 0 Å². The fourth-order valence-corrected chi connectivity index (χ4v) is 3.91. The number of carboxylic acids is 2. The van der Waals surface area contributed by atoms with Crippen molar-refractivity contribution >= 4 is 59.8 Å². The first-order valence-corrected chi connectivity index (χ1v) is 14.3. The highest BCUT2D eigenvalue weighted by molar-refractivity contribution is 5.87. The number of rotatable bonds is 10. The van der Waals surface area contributed by atoms with Gasteiger partial charge in [0.15, 0.2) is 0 Å². The number of hydrogen-bond donors (Lipinski definition) is 6. The Hall–Kier alpha value is -8.16. The minimum absolute atomic E-state index is 0.0153. The Kier molecular flexibility index (Phi) is 15.1. The molecule has 0 atom stereocenters. The highest BCUT2D eigenvalue weighted by atomic mass is 16.6. The number of hydrazone groups is 2. The standard InChI is InChI=1S/2C14H15N6O2.C4H4O4/c2*15-14(16)19(17)10-4-6-11-5-3-9-18(11)12-7-1-2-8-13(12)20(21)22;5-3(6)1-2-4(7)8/h2*1-10H,17H2,(H3,15,16);1-2H,(H,5,6)(H,7,8)/q2*+1;/p-2/b;;2-1+. The van der Waals surface area contributed by atoms with Gasteiger partial charge < -0.3 is 28.9 Å². The van der Waals surface area contributed by atoms with Crippen molar-refractivity contribution in [3.8, 4) is 11.4 Å². The zero-order chi connectivity index (χ0) is 38.8. The Bertz CT molecular complexity index is 1960. The third-order valence-corrected chi connectivity index (χ3v) is 6.18. The molecule has 4 rings (SSSR count). The van der Waals surface area contributed by atoms with Crippen molar-refractivity contribution in [1.29, 1.82) is 10.8 Å². The first-order chi connectivity index (χ1) is 24.6. The number of benzene rings is 2. The normalized spacial score (nSPS) is 11.4. The van der Waals surface area contributed by atoms with E-state index < -0.39 is 21.8 Å². The summed E-state index contributed by atoms with van der Waals surface area (Å²) < 4.78 is 5.29. The Morgan fingerprint density at radius 2 is 0.962 bits per heavy atom. The lowest BCUT2D eigenvalue weighted by atomic mass is 10.2. The molecule has 0 amide bonds. The van der Waals surface area contributed by atoms with Gasteiger partial charge >= 0.3 is 11.9 Å². The monoisotopic (exact) mass is 712 g/mol. The third kappa shape index (κ3) is 12.5. The van der Waals surface area contributed by atoms with Crippen molar-refractivity contribution in [2.24, 2.45) is 23.2 Å². The van der Waals surface area contributed by atoms with E-state index in [4.69, 9.17) is 34.0 Å². The van der Waals surface area contributed by atoms with Crippen LogP contribution in [0.5, 0.6) is 0 Å². The van der Waals surface area contributed by atoms with Crippen molar-refractivity contribution in [3.05, 3.63) is 141 Å². The molecule has 52 heavy (non-hydrogen) atoms. The van der Waals surface area contributed by atoms with E-state index in [1.165, 1.54) is 24.6 Å². The molecule has 20 nitrogen and oxygen atoms in total. The van der Waals surface area contributed by atoms with Crippen molar-refractivity contribution in [1.82, 2.24) is 9.13 Å². The number of hydrazine groups is 2. The molecule has 2 aromatic carbocycles. The fraction of sp³-hybridized carbons (Fsp3) is 0. The van der Waals surface area contributed by atoms with Crippen LogP contribution in [0.3, 0.4) is 0 Å². The molecular formula is C32H32N12O8. The number of nitrogens with one attached hydrogen (secondary N) is 2. The predicted octanol–water partition coefficient (Wildman–Crippen LogP) is -0.459.